The van der Waals surface area contributed by atoms with Crippen molar-refractivity contribution in [2.75, 3.05) is 50.9 Å². The number of carbonyl (C=O) groups excluding carboxylic acids is 2. The fourth-order valence-electron chi connectivity index (χ4n) is 8.88. The number of aromatic nitrogens is 8. The summed E-state index contributed by atoms with van der Waals surface area (Å²) in [7, 11) is -7.71. The molecular formula is C53H60N13NaO16S2. The minimum Gasteiger partial charge on any atom is -0.872 e. The van der Waals surface area contributed by atoms with Crippen molar-refractivity contribution < 1.29 is 109 Å². The van der Waals surface area contributed by atoms with E-state index in [1.807, 2.05) is 54.6 Å². The van der Waals surface area contributed by atoms with Crippen LogP contribution in [0.1, 0.15) is 53.9 Å². The van der Waals surface area contributed by atoms with E-state index in [1.165, 1.54) is 72.0 Å². The first-order valence-corrected chi connectivity index (χ1v) is 28.8. The van der Waals surface area contributed by atoms with Crippen LogP contribution in [0, 0.1) is 0 Å². The molecule has 2 aliphatic heterocycles. The fraction of sp³-hybridized carbons (Fsp3) is 0.321. The van der Waals surface area contributed by atoms with Gasteiger partial charge in [0, 0.05) is 23.7 Å². The van der Waals surface area contributed by atoms with Crippen molar-refractivity contribution in [3.8, 4) is 34.0 Å². The minimum absolute atomic E-state index is 0. The van der Waals surface area contributed by atoms with Crippen molar-refractivity contribution in [3.63, 3.8) is 0 Å². The molecule has 8 atom stereocenters. The standard InChI is InChI=1S/C29H26N6O8S.C18H20N6O8S.C6H15N.Na/c30-25-22-27(33-26(32-25)18-12-10-17(11-13-18)16-6-2-1-3-7-16)35(15-31-22)29-24(38)23(37)21(43-29)14-42-44(40,41)34-28(39)19-8-4-5-9-20(19)36;1-19-15-12-16(21-7-20-15)24(8-22-12)18-14(27)13(26)11(32-18)6-31-33(29,30)23-17(28)9-4-2-3-5-10(9)25;1-4-7(5-2)6-3;/h1-13,15,21,23-24,29,36-38H,14H2,(H,34,39)(H2,30,32,33);2-5,7-8,11,13-14,18,25-27H,6H2,1H3,(H,23,28)(H,19,20,21);4-6H2,1-3H3;/q;;;+1/p-1/t21-,23-,24-,29-;11-,13-,14-,18-;;/m11../s1. The van der Waals surface area contributed by atoms with E-state index in [0.29, 0.717) is 22.5 Å². The van der Waals surface area contributed by atoms with E-state index < -0.39 is 112 Å². The Bertz CT molecular complexity index is 3800. The first kappa shape index (κ1) is 65.2. The summed E-state index contributed by atoms with van der Waals surface area (Å²) >= 11 is 0. The van der Waals surface area contributed by atoms with Crippen molar-refractivity contribution in [1.29, 1.82) is 0 Å². The van der Waals surface area contributed by atoms with Gasteiger partial charge in [0.2, 0.25) is 0 Å². The molecule has 2 saturated heterocycles. The number of ether oxygens (including phenoxy) is 2. The number of amides is 2. The molecule has 0 saturated carbocycles. The molecule has 2 fully saturated rings. The summed E-state index contributed by atoms with van der Waals surface area (Å²) in [6, 6.07) is 27.5. The van der Waals surface area contributed by atoms with Crippen LogP contribution < -0.4 is 65.2 Å². The summed E-state index contributed by atoms with van der Waals surface area (Å²) in [5.74, 6) is -2.90. The van der Waals surface area contributed by atoms with E-state index in [-0.39, 0.29) is 57.9 Å². The molecule has 85 heavy (non-hydrogen) atoms. The number of nitrogens with zero attached hydrogens (tertiary/aromatic N) is 8. The number of aliphatic hydroxyl groups is 4. The fourth-order valence-corrected chi connectivity index (χ4v) is 10.3. The number of nitrogens with one attached hydrogen (secondary N) is 4. The number of fused-ring (bicyclic) bond motifs is 2. The number of hydrogen-bond acceptors (Lipinski definition) is 24. The zero-order chi connectivity index (χ0) is 60.5. The Balaban J connectivity index is 0.000000223. The number of nitrogens with two attached hydrogens (primary N) is 1. The van der Waals surface area contributed by atoms with E-state index in [0.717, 1.165) is 35.4 Å². The molecule has 4 aromatic heterocycles. The molecule has 10 N–H and O–H groups in total. The van der Waals surface area contributed by atoms with E-state index in [9.17, 15) is 57.1 Å². The van der Waals surface area contributed by atoms with Crippen molar-refractivity contribution in [2.45, 2.75) is 69.9 Å². The molecule has 29 nitrogen and oxygen atoms in total. The zero-order valence-corrected chi connectivity index (χ0v) is 50.0. The van der Waals surface area contributed by atoms with Crippen LogP contribution in [0.3, 0.4) is 0 Å². The van der Waals surface area contributed by atoms with Gasteiger partial charge in [0.1, 0.15) is 54.0 Å². The van der Waals surface area contributed by atoms with Gasteiger partial charge in [-0.05, 0) is 31.9 Å². The molecule has 446 valence electrons. The third-order valence-electron chi connectivity index (χ3n) is 13.5. The number of imidazole rings is 2. The van der Waals surface area contributed by atoms with Crippen molar-refractivity contribution in [2.24, 2.45) is 0 Å². The van der Waals surface area contributed by atoms with Crippen molar-refractivity contribution in [3.05, 3.63) is 133 Å². The second kappa shape index (κ2) is 28.7. The van der Waals surface area contributed by atoms with Crippen LogP contribution in [-0.4, -0.2) is 165 Å². The van der Waals surface area contributed by atoms with Crippen LogP contribution in [0.15, 0.2) is 122 Å². The van der Waals surface area contributed by atoms with E-state index in [4.69, 9.17) is 23.6 Å². The number of quaternary nitrogens is 1. The van der Waals surface area contributed by atoms with Gasteiger partial charge in [-0.1, -0.05) is 115 Å². The molecule has 0 spiro atoms. The smallest absolute Gasteiger partial charge is 0.872 e. The zero-order valence-electron chi connectivity index (χ0n) is 46.4. The maximum absolute atomic E-state index is 12.4. The van der Waals surface area contributed by atoms with Gasteiger partial charge in [0.05, 0.1) is 45.5 Å². The summed E-state index contributed by atoms with van der Waals surface area (Å²) in [6.45, 7) is 9.00. The van der Waals surface area contributed by atoms with Gasteiger partial charge in [-0.25, -0.2) is 39.3 Å². The molecule has 4 aromatic carbocycles. The SMILES string of the molecule is CC[NH+](CC)CC.CNc1ncnc2c1ncn2[C@@H]1O[C@H](COS(=O)(=O)NC(=O)c2ccccc2[O-])[C@@H](O)[C@H]1O.Nc1nc(-c2ccc(-c3ccccc3)cc2)nc2c1ncn2[C@@H]1O[C@H](COS(=O)(=O)NC(=O)c2ccccc2[O-])[C@@H](O)[C@H]1O.[Na+]. The first-order chi connectivity index (χ1) is 40.2. The molecule has 10 rings (SSSR count). The Labute approximate surface area is 509 Å². The Morgan fingerprint density at radius 3 is 1.53 bits per heavy atom. The molecule has 2 amide bonds. The van der Waals surface area contributed by atoms with Gasteiger partial charge >= 0.3 is 50.2 Å². The Morgan fingerprint density at radius 2 is 1.06 bits per heavy atom. The number of nitrogen functional groups attached to an aromatic ring is 1. The first-order valence-electron chi connectivity index (χ1n) is 26.0. The van der Waals surface area contributed by atoms with E-state index >= 15 is 0 Å². The molecule has 32 heteroatoms. The normalized spacial score (nSPS) is 20.2. The topological polar surface area (TPSA) is 420 Å². The molecule has 0 bridgehead atoms. The number of benzene rings is 4. The van der Waals surface area contributed by atoms with Gasteiger partial charge < -0.3 is 56.1 Å². The van der Waals surface area contributed by atoms with Crippen LogP contribution in [0.2, 0.25) is 0 Å². The number of aliphatic hydroxyl groups excluding tert-OH is 4. The molecule has 0 aliphatic carbocycles. The van der Waals surface area contributed by atoms with E-state index in [1.54, 1.807) is 21.4 Å². The monoisotopic (exact) mass is 1220 g/mol. The van der Waals surface area contributed by atoms with Crippen LogP contribution in [0.25, 0.3) is 44.8 Å². The molecule has 8 aromatic rings. The molecular weight excluding hydrogens is 1160 g/mol. The number of carbonyl (C=O) groups is 2. The molecule has 0 radical (unpaired) electrons. The Morgan fingerprint density at radius 1 is 0.612 bits per heavy atom. The summed E-state index contributed by atoms with van der Waals surface area (Å²) < 4.78 is 75.9. The second-order valence-electron chi connectivity index (χ2n) is 18.7. The predicted octanol–water partition coefficient (Wildman–Crippen LogP) is -3.69. The van der Waals surface area contributed by atoms with Crippen LogP contribution in [-0.2, 0) is 38.4 Å². The average molecular weight is 1220 g/mol. The molecule has 6 heterocycles. The maximum atomic E-state index is 12.4. The molecule has 2 aliphatic rings. The van der Waals surface area contributed by atoms with Crippen LogP contribution >= 0.6 is 0 Å². The van der Waals surface area contributed by atoms with Gasteiger partial charge in [0.15, 0.2) is 41.2 Å². The van der Waals surface area contributed by atoms with Gasteiger partial charge in [0.25, 0.3) is 11.8 Å². The van der Waals surface area contributed by atoms with E-state index in [2.05, 4.69) is 56.0 Å². The number of rotatable bonds is 18. The summed E-state index contributed by atoms with van der Waals surface area (Å²) in [5.41, 5.74) is 9.24. The van der Waals surface area contributed by atoms with Crippen molar-refractivity contribution >= 4 is 66.4 Å². The summed E-state index contributed by atoms with van der Waals surface area (Å²) in [4.78, 5) is 51.5. The third-order valence-corrected chi connectivity index (χ3v) is 15.3. The largest absolute Gasteiger partial charge is 1.00 e. The average Bonchev–Trinajstić information content (AvgIpc) is 3.31. The maximum Gasteiger partial charge on any atom is 1.00 e. The third kappa shape index (κ3) is 15.4. The van der Waals surface area contributed by atoms with Gasteiger partial charge in [-0.3, -0.25) is 27.1 Å². The Kier molecular flexibility index (Phi) is 22.0. The second-order valence-corrected chi connectivity index (χ2v) is 21.4. The quantitative estimate of drug-likeness (QED) is 0.0374. The van der Waals surface area contributed by atoms with Gasteiger partial charge in [-0.2, -0.15) is 16.8 Å². The summed E-state index contributed by atoms with van der Waals surface area (Å²) in [5, 5.41) is 68.6. The predicted molar refractivity (Wildman–Crippen MR) is 296 cm³/mol. The van der Waals surface area contributed by atoms with Crippen molar-refractivity contribution in [1.82, 2.24) is 48.5 Å². The van der Waals surface area contributed by atoms with Crippen LogP contribution in [0.4, 0.5) is 11.6 Å². The number of para-hydroxylation sites is 2. The minimum atomic E-state index is -4.71. The van der Waals surface area contributed by atoms with Crippen LogP contribution in [0.5, 0.6) is 11.5 Å². The van der Waals surface area contributed by atoms with Gasteiger partial charge in [-0.15, -0.1) is 0 Å². The Hall–Kier alpha value is -7.34. The summed E-state index contributed by atoms with van der Waals surface area (Å²) in [6.07, 6.45) is -7.22. The number of anilines is 2. The number of hydrogen-bond donors (Lipinski definition) is 9. The molecule has 0 unspecified atom stereocenters.